The van der Waals surface area contributed by atoms with Gasteiger partial charge < -0.3 is 14.9 Å². The number of nitrogens with zero attached hydrogens (tertiary/aromatic N) is 2. The lowest BCUT2D eigenvalue weighted by atomic mass is 9.86. The molecular weight excluding hydrogens is 292 g/mol. The van der Waals surface area contributed by atoms with Crippen LogP contribution in [0.5, 0.6) is 0 Å². The minimum atomic E-state index is -0.640. The number of aliphatic hydroxyl groups is 1. The fraction of sp³-hybridized carbons (Fsp3) is 0.889. The first-order valence-electron chi connectivity index (χ1n) is 9.19. The fourth-order valence-electron chi connectivity index (χ4n) is 3.76. The highest BCUT2D eigenvalue weighted by Gasteiger charge is 2.29. The van der Waals surface area contributed by atoms with E-state index in [1.165, 1.54) is 32.1 Å². The Morgan fingerprint density at radius 3 is 2.57 bits per heavy atom. The predicted molar refractivity (Wildman–Crippen MR) is 89.8 cm³/mol. The Morgan fingerprint density at radius 1 is 1.22 bits per heavy atom. The third-order valence-corrected chi connectivity index (χ3v) is 4.97. The normalized spacial score (nSPS) is 24.2. The summed E-state index contributed by atoms with van der Waals surface area (Å²) < 4.78 is 0. The van der Waals surface area contributed by atoms with Gasteiger partial charge in [-0.05, 0) is 18.3 Å². The molecular formula is C18H32N2O3. The number of aliphatic hydroxyl groups excluding tert-OH is 1. The molecule has 0 aromatic carbocycles. The van der Waals surface area contributed by atoms with Crippen molar-refractivity contribution >= 4 is 11.8 Å². The van der Waals surface area contributed by atoms with Gasteiger partial charge in [0.15, 0.2) is 0 Å². The Labute approximate surface area is 140 Å². The summed E-state index contributed by atoms with van der Waals surface area (Å²) in [5.41, 5.74) is 0. The summed E-state index contributed by atoms with van der Waals surface area (Å²) in [4.78, 5) is 28.1. The van der Waals surface area contributed by atoms with E-state index in [0.717, 1.165) is 6.42 Å². The van der Waals surface area contributed by atoms with E-state index in [1.54, 1.807) is 9.80 Å². The van der Waals surface area contributed by atoms with Crippen LogP contribution < -0.4 is 0 Å². The van der Waals surface area contributed by atoms with E-state index in [9.17, 15) is 14.7 Å². The van der Waals surface area contributed by atoms with Crippen molar-refractivity contribution in [2.24, 2.45) is 11.8 Å². The van der Waals surface area contributed by atoms with Crippen LogP contribution in [0.4, 0.5) is 0 Å². The third-order valence-electron chi connectivity index (χ3n) is 4.97. The van der Waals surface area contributed by atoms with Gasteiger partial charge in [-0.15, -0.1) is 0 Å². The topological polar surface area (TPSA) is 60.9 Å². The van der Waals surface area contributed by atoms with Gasteiger partial charge in [-0.1, -0.05) is 46.0 Å². The van der Waals surface area contributed by atoms with Crippen molar-refractivity contribution in [2.45, 2.75) is 64.9 Å². The molecule has 1 saturated carbocycles. The molecule has 1 atom stereocenters. The Balaban J connectivity index is 1.85. The van der Waals surface area contributed by atoms with Crippen LogP contribution in [0.2, 0.25) is 0 Å². The maximum absolute atomic E-state index is 12.5. The maximum atomic E-state index is 12.5. The van der Waals surface area contributed by atoms with Gasteiger partial charge in [-0.25, -0.2) is 0 Å². The average Bonchev–Trinajstić information content (AvgIpc) is 2.64. The van der Waals surface area contributed by atoms with Crippen LogP contribution in [0.1, 0.15) is 58.8 Å². The molecule has 23 heavy (non-hydrogen) atoms. The molecule has 0 radical (unpaired) electrons. The lowest BCUT2D eigenvalue weighted by Crippen LogP contribution is -2.40. The maximum Gasteiger partial charge on any atom is 0.242 e. The van der Waals surface area contributed by atoms with Gasteiger partial charge in [0, 0.05) is 26.1 Å². The van der Waals surface area contributed by atoms with Crippen LogP contribution in [0, 0.1) is 11.8 Å². The van der Waals surface area contributed by atoms with Crippen molar-refractivity contribution in [1.29, 1.82) is 0 Å². The number of amides is 2. The Kier molecular flexibility index (Phi) is 6.88. The van der Waals surface area contributed by atoms with Crippen molar-refractivity contribution in [2.75, 3.05) is 26.2 Å². The number of hydrogen-bond acceptors (Lipinski definition) is 3. The summed E-state index contributed by atoms with van der Waals surface area (Å²) >= 11 is 0. The molecule has 2 aliphatic rings. The molecule has 2 amide bonds. The Morgan fingerprint density at radius 2 is 1.91 bits per heavy atom. The van der Waals surface area contributed by atoms with Gasteiger partial charge in [0.25, 0.3) is 0 Å². The highest BCUT2D eigenvalue weighted by atomic mass is 16.3. The summed E-state index contributed by atoms with van der Waals surface area (Å²) in [6, 6.07) is 0. The van der Waals surface area contributed by atoms with Crippen molar-refractivity contribution in [1.82, 2.24) is 9.80 Å². The van der Waals surface area contributed by atoms with Crippen LogP contribution in [0.25, 0.3) is 0 Å². The van der Waals surface area contributed by atoms with Crippen LogP contribution in [-0.4, -0.2) is 59.0 Å². The first kappa shape index (κ1) is 18.2. The zero-order chi connectivity index (χ0) is 16.8. The molecule has 0 bridgehead atoms. The fourth-order valence-corrected chi connectivity index (χ4v) is 3.76. The molecule has 1 heterocycles. The molecule has 1 aliphatic heterocycles. The van der Waals surface area contributed by atoms with Crippen molar-refractivity contribution in [3.8, 4) is 0 Å². The van der Waals surface area contributed by atoms with Gasteiger partial charge in [0.2, 0.25) is 11.8 Å². The molecule has 1 N–H and O–H groups in total. The van der Waals surface area contributed by atoms with Crippen LogP contribution >= 0.6 is 0 Å². The van der Waals surface area contributed by atoms with Gasteiger partial charge in [-0.2, -0.15) is 0 Å². The largest absolute Gasteiger partial charge is 0.389 e. The standard InChI is InChI=1S/C18H32N2O3/c1-14(2)10-19-11-16(21)12-20(13-18(19)23)17(22)9-8-15-6-4-3-5-7-15/h14-16,21H,3-13H2,1-2H3. The Bertz CT molecular complexity index is 405. The molecule has 5 nitrogen and oxygen atoms in total. The number of β-amino-alcohol motifs (C(OH)–C–C–N with tert-alkyl or cyclic N) is 1. The molecule has 5 heteroatoms. The highest BCUT2D eigenvalue weighted by Crippen LogP contribution is 2.27. The monoisotopic (exact) mass is 324 g/mol. The molecule has 2 fully saturated rings. The first-order chi connectivity index (χ1) is 11.0. The van der Waals surface area contributed by atoms with Gasteiger partial charge in [0.1, 0.15) is 0 Å². The average molecular weight is 324 g/mol. The smallest absolute Gasteiger partial charge is 0.242 e. The summed E-state index contributed by atoms with van der Waals surface area (Å²) in [6.07, 6.45) is 7.15. The molecule has 1 unspecified atom stereocenters. The molecule has 1 aliphatic carbocycles. The van der Waals surface area contributed by atoms with E-state index in [1.807, 2.05) is 0 Å². The van der Waals surface area contributed by atoms with Crippen LogP contribution in [0.3, 0.4) is 0 Å². The first-order valence-corrected chi connectivity index (χ1v) is 9.19. The SMILES string of the molecule is CC(C)CN1CC(O)CN(C(=O)CCC2CCCCC2)CC1=O. The second-order valence-corrected chi connectivity index (χ2v) is 7.66. The third kappa shape index (κ3) is 5.79. The van der Waals surface area contributed by atoms with Gasteiger partial charge in [-0.3, -0.25) is 9.59 Å². The number of hydrogen-bond donors (Lipinski definition) is 1. The predicted octanol–water partition coefficient (Wildman–Crippen LogP) is 2.03. The van der Waals surface area contributed by atoms with Gasteiger partial charge >= 0.3 is 0 Å². The molecule has 132 valence electrons. The highest BCUT2D eigenvalue weighted by molar-refractivity contribution is 5.85. The number of carbonyl (C=O) groups excluding carboxylic acids is 2. The van der Waals surface area contributed by atoms with Crippen molar-refractivity contribution in [3.63, 3.8) is 0 Å². The van der Waals surface area contributed by atoms with E-state index in [0.29, 0.717) is 31.3 Å². The van der Waals surface area contributed by atoms with Crippen molar-refractivity contribution < 1.29 is 14.7 Å². The zero-order valence-electron chi connectivity index (χ0n) is 14.7. The van der Waals surface area contributed by atoms with Gasteiger partial charge in [0.05, 0.1) is 12.6 Å². The van der Waals surface area contributed by atoms with Crippen molar-refractivity contribution in [3.05, 3.63) is 0 Å². The number of carbonyl (C=O) groups is 2. The minimum Gasteiger partial charge on any atom is -0.389 e. The zero-order valence-corrected chi connectivity index (χ0v) is 14.7. The second-order valence-electron chi connectivity index (χ2n) is 7.66. The molecule has 0 aromatic heterocycles. The van der Waals surface area contributed by atoms with E-state index in [-0.39, 0.29) is 24.9 Å². The minimum absolute atomic E-state index is 0.0226. The summed E-state index contributed by atoms with van der Waals surface area (Å²) in [6.45, 7) is 5.48. The van der Waals surface area contributed by atoms with E-state index in [2.05, 4.69) is 13.8 Å². The summed E-state index contributed by atoms with van der Waals surface area (Å²) in [5.74, 6) is 1.01. The van der Waals surface area contributed by atoms with E-state index in [4.69, 9.17) is 0 Å². The molecule has 2 rings (SSSR count). The Hall–Kier alpha value is -1.10. The molecule has 0 spiro atoms. The van der Waals surface area contributed by atoms with E-state index >= 15 is 0 Å². The molecule has 0 aromatic rings. The lowest BCUT2D eigenvalue weighted by molar-refractivity contribution is -0.139. The quantitative estimate of drug-likeness (QED) is 0.842. The lowest BCUT2D eigenvalue weighted by Gasteiger charge is -2.24. The molecule has 1 saturated heterocycles. The van der Waals surface area contributed by atoms with Crippen LogP contribution in [-0.2, 0) is 9.59 Å². The number of rotatable bonds is 5. The summed E-state index contributed by atoms with van der Waals surface area (Å²) in [5, 5.41) is 10.1. The second kappa shape index (κ2) is 8.67. The van der Waals surface area contributed by atoms with Crippen LogP contribution in [0.15, 0.2) is 0 Å². The van der Waals surface area contributed by atoms with E-state index < -0.39 is 6.10 Å². The summed E-state index contributed by atoms with van der Waals surface area (Å²) in [7, 11) is 0.